The van der Waals surface area contributed by atoms with E-state index >= 15 is 4.79 Å². The summed E-state index contributed by atoms with van der Waals surface area (Å²) in [6.45, 7) is 5.55. The van der Waals surface area contributed by atoms with E-state index in [1.807, 2.05) is 121 Å². The molecule has 6 aromatic carbocycles. The maximum Gasteiger partial charge on any atom is 0.339 e. The lowest BCUT2D eigenvalue weighted by atomic mass is 9.94. The molecule has 55 heavy (non-hydrogen) atoms. The van der Waals surface area contributed by atoms with Crippen molar-refractivity contribution in [3.8, 4) is 17.2 Å². The van der Waals surface area contributed by atoms with Gasteiger partial charge >= 0.3 is 11.9 Å². The molecule has 0 aliphatic heterocycles. The fourth-order valence-corrected chi connectivity index (χ4v) is 5.68. The average molecular weight is 735 g/mol. The number of hydrogen-bond acceptors (Lipinski definition) is 8. The first kappa shape index (κ1) is 38.1. The molecule has 8 nitrogen and oxygen atoms in total. The molecule has 8 heteroatoms. The van der Waals surface area contributed by atoms with Crippen molar-refractivity contribution in [1.82, 2.24) is 0 Å². The van der Waals surface area contributed by atoms with Crippen LogP contribution in [0.2, 0.25) is 0 Å². The van der Waals surface area contributed by atoms with Gasteiger partial charge in [-0.25, -0.2) is 9.59 Å². The number of ether oxygens (including phenoxy) is 5. The topological polar surface area (TPSA) is 97.4 Å². The molecule has 0 aliphatic carbocycles. The zero-order valence-corrected chi connectivity index (χ0v) is 31.0. The molecule has 278 valence electrons. The van der Waals surface area contributed by atoms with E-state index in [1.54, 1.807) is 32.9 Å². The van der Waals surface area contributed by atoms with Crippen LogP contribution in [0.1, 0.15) is 79.7 Å². The van der Waals surface area contributed by atoms with Crippen LogP contribution in [0.3, 0.4) is 0 Å². The first-order chi connectivity index (χ1) is 26.6. The summed E-state index contributed by atoms with van der Waals surface area (Å²) in [5.41, 5.74) is 2.55. The molecule has 0 saturated heterocycles. The molecule has 0 spiro atoms. The minimum Gasteiger partial charge on any atom is -0.488 e. The van der Waals surface area contributed by atoms with Crippen LogP contribution in [-0.2, 0) is 35.9 Å². The van der Waals surface area contributed by atoms with Crippen LogP contribution >= 0.6 is 0 Å². The predicted molar refractivity (Wildman–Crippen MR) is 209 cm³/mol. The molecule has 0 saturated carbocycles. The van der Waals surface area contributed by atoms with E-state index in [-0.39, 0.29) is 65.9 Å². The highest BCUT2D eigenvalue weighted by Crippen LogP contribution is 2.38. The number of carbonyl (C=O) groups is 3. The van der Waals surface area contributed by atoms with Gasteiger partial charge in [0.1, 0.15) is 54.8 Å². The van der Waals surface area contributed by atoms with Crippen molar-refractivity contribution in [3.05, 3.63) is 196 Å². The highest BCUT2D eigenvalue weighted by molar-refractivity contribution is 6.19. The van der Waals surface area contributed by atoms with Crippen molar-refractivity contribution < 1.29 is 38.1 Å². The third-order valence-electron chi connectivity index (χ3n) is 8.33. The molecule has 0 unspecified atom stereocenters. The van der Waals surface area contributed by atoms with Crippen molar-refractivity contribution in [2.24, 2.45) is 0 Å². The largest absolute Gasteiger partial charge is 0.488 e. The molecule has 6 rings (SSSR count). The molecule has 0 aromatic heterocycles. The fourth-order valence-electron chi connectivity index (χ4n) is 5.68. The van der Waals surface area contributed by atoms with Crippen LogP contribution in [0.4, 0.5) is 0 Å². The summed E-state index contributed by atoms with van der Waals surface area (Å²) in [5, 5.41) is 0. The summed E-state index contributed by atoms with van der Waals surface area (Å²) in [4.78, 5) is 42.8. The zero-order chi connectivity index (χ0) is 38.6. The second kappa shape index (κ2) is 17.9. The van der Waals surface area contributed by atoms with Gasteiger partial charge in [0.2, 0.25) is 5.78 Å². The van der Waals surface area contributed by atoms with Crippen LogP contribution in [0.5, 0.6) is 17.2 Å². The van der Waals surface area contributed by atoms with Gasteiger partial charge in [0.05, 0.1) is 16.7 Å². The van der Waals surface area contributed by atoms with Crippen molar-refractivity contribution in [3.63, 3.8) is 0 Å². The Morgan fingerprint density at radius 3 is 1.31 bits per heavy atom. The van der Waals surface area contributed by atoms with Gasteiger partial charge in [0.25, 0.3) is 0 Å². The van der Waals surface area contributed by atoms with Gasteiger partial charge in [-0.15, -0.1) is 0 Å². The second-order valence-corrected chi connectivity index (χ2v) is 13.7. The number of rotatable bonds is 15. The van der Waals surface area contributed by atoms with Gasteiger partial charge in [0, 0.05) is 0 Å². The third-order valence-corrected chi connectivity index (χ3v) is 8.33. The lowest BCUT2D eigenvalue weighted by Crippen LogP contribution is -2.24. The number of ketones is 1. The molecule has 0 bridgehead atoms. The Labute approximate surface area is 321 Å². The van der Waals surface area contributed by atoms with Gasteiger partial charge < -0.3 is 23.7 Å². The SMILES string of the molecule is CC(C)(C)OC(=O)c1cc(OCc2ccccc2)c(C(=O)c2c(OCc3ccccc3)cccc2C(=O)OCc2ccccc2)c(OCc2ccccc2)c1. The van der Waals surface area contributed by atoms with E-state index < -0.39 is 23.3 Å². The first-order valence-electron chi connectivity index (χ1n) is 17.9. The highest BCUT2D eigenvalue weighted by atomic mass is 16.6. The number of carbonyl (C=O) groups excluding carboxylic acids is 3. The molecule has 0 amide bonds. The van der Waals surface area contributed by atoms with E-state index in [2.05, 4.69) is 0 Å². The summed E-state index contributed by atoms with van der Waals surface area (Å²) in [5.74, 6) is -1.71. The molecule has 0 atom stereocenters. The summed E-state index contributed by atoms with van der Waals surface area (Å²) in [7, 11) is 0. The Hall–Kier alpha value is -6.67. The van der Waals surface area contributed by atoms with Crippen LogP contribution in [0.25, 0.3) is 0 Å². The molecular weight excluding hydrogens is 693 g/mol. The Bertz CT molecular complexity index is 2150. The summed E-state index contributed by atoms with van der Waals surface area (Å²) in [6.07, 6.45) is 0. The van der Waals surface area contributed by atoms with Crippen LogP contribution in [-0.4, -0.2) is 23.3 Å². The third kappa shape index (κ3) is 10.5. The molecule has 0 fully saturated rings. The van der Waals surface area contributed by atoms with Crippen molar-refractivity contribution in [1.29, 1.82) is 0 Å². The minimum absolute atomic E-state index is 0.00737. The predicted octanol–water partition coefficient (Wildman–Crippen LogP) is 9.97. The Kier molecular flexibility index (Phi) is 12.4. The van der Waals surface area contributed by atoms with Gasteiger partial charge in [-0.05, 0) is 67.3 Å². The van der Waals surface area contributed by atoms with E-state index in [0.717, 1.165) is 22.3 Å². The minimum atomic E-state index is -0.800. The van der Waals surface area contributed by atoms with Crippen LogP contribution in [0.15, 0.2) is 152 Å². The normalized spacial score (nSPS) is 11.0. The maximum absolute atomic E-state index is 15.3. The smallest absolute Gasteiger partial charge is 0.339 e. The Morgan fingerprint density at radius 1 is 0.455 bits per heavy atom. The Morgan fingerprint density at radius 2 is 0.873 bits per heavy atom. The first-order valence-corrected chi connectivity index (χ1v) is 17.9. The molecule has 6 aromatic rings. The van der Waals surface area contributed by atoms with Gasteiger partial charge in [-0.3, -0.25) is 4.79 Å². The van der Waals surface area contributed by atoms with Crippen molar-refractivity contribution >= 4 is 17.7 Å². The Balaban J connectivity index is 1.49. The van der Waals surface area contributed by atoms with E-state index in [0.29, 0.717) is 0 Å². The zero-order valence-electron chi connectivity index (χ0n) is 31.0. The molecule has 0 aliphatic rings. The van der Waals surface area contributed by atoms with Crippen LogP contribution < -0.4 is 14.2 Å². The van der Waals surface area contributed by atoms with Gasteiger partial charge in [0.15, 0.2) is 0 Å². The molecule has 0 N–H and O–H groups in total. The van der Waals surface area contributed by atoms with Crippen LogP contribution in [0, 0.1) is 0 Å². The highest BCUT2D eigenvalue weighted by Gasteiger charge is 2.31. The maximum atomic E-state index is 15.3. The number of hydrogen-bond donors (Lipinski definition) is 0. The summed E-state index contributed by atoms with van der Waals surface area (Å²) < 4.78 is 30.6. The van der Waals surface area contributed by atoms with E-state index in [9.17, 15) is 9.59 Å². The number of esters is 2. The fraction of sp³-hybridized carbons (Fsp3) is 0.170. The lowest BCUT2D eigenvalue weighted by molar-refractivity contribution is 0.00680. The average Bonchev–Trinajstić information content (AvgIpc) is 3.20. The van der Waals surface area contributed by atoms with E-state index in [1.165, 1.54) is 18.2 Å². The monoisotopic (exact) mass is 734 g/mol. The van der Waals surface area contributed by atoms with Crippen molar-refractivity contribution in [2.45, 2.75) is 52.8 Å². The van der Waals surface area contributed by atoms with Crippen molar-refractivity contribution in [2.75, 3.05) is 0 Å². The summed E-state index contributed by atoms with van der Waals surface area (Å²) in [6, 6.07) is 45.4. The standard InChI is InChI=1S/C47H42O8/c1-47(2,3)55-45(49)37-27-40(52-30-34-19-10-5-11-20-34)43(41(28-37)53-31-35-21-12-6-13-22-35)44(48)42-38(46(50)54-32-36-23-14-7-15-24-36)25-16-26-39(42)51-29-33-17-8-4-9-18-33/h4-28H,29-32H2,1-3H3. The lowest BCUT2D eigenvalue weighted by Gasteiger charge is -2.22. The van der Waals surface area contributed by atoms with Gasteiger partial charge in [-0.2, -0.15) is 0 Å². The molecule has 0 radical (unpaired) electrons. The van der Waals surface area contributed by atoms with E-state index in [4.69, 9.17) is 23.7 Å². The number of benzene rings is 6. The summed E-state index contributed by atoms with van der Waals surface area (Å²) >= 11 is 0. The molecule has 0 heterocycles. The molecular formula is C47H42O8. The quantitative estimate of drug-likeness (QED) is 0.0760. The second-order valence-electron chi connectivity index (χ2n) is 13.7. The van der Waals surface area contributed by atoms with Gasteiger partial charge in [-0.1, -0.05) is 127 Å².